The summed E-state index contributed by atoms with van der Waals surface area (Å²) in [6.07, 6.45) is 2.33. The first kappa shape index (κ1) is 16.5. The fourth-order valence-electron chi connectivity index (χ4n) is 3.28. The molecule has 3 aromatic rings. The van der Waals surface area contributed by atoms with Gasteiger partial charge in [-0.15, -0.1) is 0 Å². The maximum atomic E-state index is 12.4. The quantitative estimate of drug-likeness (QED) is 0.780. The van der Waals surface area contributed by atoms with E-state index in [1.807, 2.05) is 30.3 Å². The van der Waals surface area contributed by atoms with E-state index in [2.05, 4.69) is 16.5 Å². The maximum Gasteiger partial charge on any atom is 0.275 e. The van der Waals surface area contributed by atoms with Crippen LogP contribution in [0.2, 0.25) is 0 Å². The minimum Gasteiger partial charge on any atom is -0.371 e. The summed E-state index contributed by atoms with van der Waals surface area (Å²) in [5, 5.41) is 8.26. The summed E-state index contributed by atoms with van der Waals surface area (Å²) in [5.41, 5.74) is 2.10. The highest BCUT2D eigenvalue weighted by atomic mass is 16.5. The SMILES string of the molecule is O=C(Cn1ncc2ccccc2c1=O)NCC1OCCc2ccccc21. The van der Waals surface area contributed by atoms with Crippen LogP contribution >= 0.6 is 0 Å². The summed E-state index contributed by atoms with van der Waals surface area (Å²) in [5.74, 6) is -0.262. The molecule has 4 rings (SSSR count). The predicted molar refractivity (Wildman–Crippen MR) is 97.9 cm³/mol. The highest BCUT2D eigenvalue weighted by molar-refractivity contribution is 5.81. The smallest absolute Gasteiger partial charge is 0.275 e. The van der Waals surface area contributed by atoms with Crippen molar-refractivity contribution < 1.29 is 9.53 Å². The number of carbonyl (C=O) groups is 1. The van der Waals surface area contributed by atoms with Crippen LogP contribution in [0.15, 0.2) is 59.5 Å². The molecule has 1 aromatic heterocycles. The molecule has 6 heteroatoms. The number of rotatable bonds is 4. The fraction of sp³-hybridized carbons (Fsp3) is 0.250. The van der Waals surface area contributed by atoms with Gasteiger partial charge >= 0.3 is 0 Å². The first-order chi connectivity index (χ1) is 12.7. The van der Waals surface area contributed by atoms with Crippen molar-refractivity contribution >= 4 is 16.7 Å². The number of hydrogen-bond donors (Lipinski definition) is 1. The van der Waals surface area contributed by atoms with E-state index in [1.54, 1.807) is 18.3 Å². The Morgan fingerprint density at radius 1 is 1.19 bits per heavy atom. The van der Waals surface area contributed by atoms with Crippen molar-refractivity contribution in [3.8, 4) is 0 Å². The molecular formula is C20H19N3O3. The maximum absolute atomic E-state index is 12.4. The molecule has 0 spiro atoms. The van der Waals surface area contributed by atoms with Crippen LogP contribution < -0.4 is 10.9 Å². The molecule has 0 aliphatic carbocycles. The van der Waals surface area contributed by atoms with Crippen molar-refractivity contribution in [1.29, 1.82) is 0 Å². The zero-order chi connectivity index (χ0) is 17.9. The third kappa shape index (κ3) is 3.23. The number of fused-ring (bicyclic) bond motifs is 2. The second-order valence-electron chi connectivity index (χ2n) is 6.31. The summed E-state index contributed by atoms with van der Waals surface area (Å²) < 4.78 is 6.98. The molecule has 1 atom stereocenters. The summed E-state index contributed by atoms with van der Waals surface area (Å²) in [6.45, 7) is 0.902. The molecule has 0 saturated heterocycles. The first-order valence-corrected chi connectivity index (χ1v) is 8.63. The van der Waals surface area contributed by atoms with Gasteiger partial charge in [-0.25, -0.2) is 4.68 Å². The van der Waals surface area contributed by atoms with Crippen molar-refractivity contribution in [1.82, 2.24) is 15.1 Å². The van der Waals surface area contributed by atoms with Gasteiger partial charge in [-0.2, -0.15) is 5.10 Å². The summed E-state index contributed by atoms with van der Waals surface area (Å²) in [4.78, 5) is 24.7. The Balaban J connectivity index is 1.44. The number of nitrogens with zero attached hydrogens (tertiary/aromatic N) is 2. The van der Waals surface area contributed by atoms with E-state index >= 15 is 0 Å². The van der Waals surface area contributed by atoms with E-state index in [-0.39, 0.29) is 24.1 Å². The number of carbonyl (C=O) groups excluding carboxylic acids is 1. The molecule has 2 aromatic carbocycles. The summed E-state index contributed by atoms with van der Waals surface area (Å²) in [7, 11) is 0. The molecule has 0 radical (unpaired) electrons. The van der Waals surface area contributed by atoms with Crippen LogP contribution in [0, 0.1) is 0 Å². The third-order valence-corrected chi connectivity index (χ3v) is 4.63. The minimum atomic E-state index is -0.266. The Hall–Kier alpha value is -2.99. The van der Waals surface area contributed by atoms with Gasteiger partial charge in [0.05, 0.1) is 18.2 Å². The molecule has 26 heavy (non-hydrogen) atoms. The van der Waals surface area contributed by atoms with Crippen molar-refractivity contribution in [3.05, 3.63) is 76.2 Å². The van der Waals surface area contributed by atoms with E-state index < -0.39 is 0 Å². The van der Waals surface area contributed by atoms with E-state index in [0.29, 0.717) is 18.5 Å². The molecule has 6 nitrogen and oxygen atoms in total. The topological polar surface area (TPSA) is 73.2 Å². The van der Waals surface area contributed by atoms with Gasteiger partial charge in [0, 0.05) is 11.9 Å². The lowest BCUT2D eigenvalue weighted by atomic mass is 9.97. The van der Waals surface area contributed by atoms with Gasteiger partial charge in [0.15, 0.2) is 0 Å². The number of aromatic nitrogens is 2. The molecule has 1 unspecified atom stereocenters. The lowest BCUT2D eigenvalue weighted by Crippen LogP contribution is -2.37. The number of hydrogen-bond acceptors (Lipinski definition) is 4. The fourth-order valence-corrected chi connectivity index (χ4v) is 3.28. The van der Waals surface area contributed by atoms with Crippen LogP contribution in [0.25, 0.3) is 10.8 Å². The van der Waals surface area contributed by atoms with E-state index in [0.717, 1.165) is 17.4 Å². The van der Waals surface area contributed by atoms with Gasteiger partial charge in [-0.05, 0) is 23.6 Å². The van der Waals surface area contributed by atoms with Crippen LogP contribution in [0.1, 0.15) is 17.2 Å². The van der Waals surface area contributed by atoms with Crippen molar-refractivity contribution in [2.75, 3.05) is 13.2 Å². The largest absolute Gasteiger partial charge is 0.371 e. The van der Waals surface area contributed by atoms with Crippen molar-refractivity contribution in [2.24, 2.45) is 0 Å². The molecule has 1 aliphatic heterocycles. The van der Waals surface area contributed by atoms with Crippen LogP contribution in [0.3, 0.4) is 0 Å². The normalized spacial score (nSPS) is 16.2. The van der Waals surface area contributed by atoms with Crippen molar-refractivity contribution in [2.45, 2.75) is 19.1 Å². The van der Waals surface area contributed by atoms with Crippen molar-refractivity contribution in [3.63, 3.8) is 0 Å². The third-order valence-electron chi connectivity index (χ3n) is 4.63. The number of benzene rings is 2. The molecule has 0 fully saturated rings. The predicted octanol–water partition coefficient (Wildman–Crippen LogP) is 1.83. The second-order valence-corrected chi connectivity index (χ2v) is 6.31. The van der Waals surface area contributed by atoms with Gasteiger partial charge in [0.1, 0.15) is 12.6 Å². The monoisotopic (exact) mass is 349 g/mol. The standard InChI is InChI=1S/C20H19N3O3/c24-19(13-23-20(25)17-8-4-2-6-15(17)11-22-23)21-12-18-16-7-3-1-5-14(16)9-10-26-18/h1-8,11,18H,9-10,12-13H2,(H,21,24). The minimum absolute atomic E-state index is 0.113. The zero-order valence-corrected chi connectivity index (χ0v) is 14.2. The van der Waals surface area contributed by atoms with Gasteiger partial charge in [-0.1, -0.05) is 42.5 Å². The lowest BCUT2D eigenvalue weighted by molar-refractivity contribution is -0.122. The Kier molecular flexibility index (Phi) is 4.50. The molecule has 1 N–H and O–H groups in total. The van der Waals surface area contributed by atoms with Crippen LogP contribution in [0.5, 0.6) is 0 Å². The van der Waals surface area contributed by atoms with Gasteiger partial charge < -0.3 is 10.1 Å². The molecule has 0 saturated carbocycles. The Bertz CT molecular complexity index is 1010. The lowest BCUT2D eigenvalue weighted by Gasteiger charge is -2.26. The highest BCUT2D eigenvalue weighted by Gasteiger charge is 2.21. The summed E-state index contributed by atoms with van der Waals surface area (Å²) >= 11 is 0. The van der Waals surface area contributed by atoms with E-state index in [9.17, 15) is 9.59 Å². The van der Waals surface area contributed by atoms with Crippen LogP contribution in [0.4, 0.5) is 0 Å². The van der Waals surface area contributed by atoms with E-state index in [4.69, 9.17) is 4.74 Å². The number of amides is 1. The van der Waals surface area contributed by atoms with Crippen LogP contribution in [-0.4, -0.2) is 28.8 Å². The van der Waals surface area contributed by atoms with E-state index in [1.165, 1.54) is 10.2 Å². The molecule has 132 valence electrons. The molecular weight excluding hydrogens is 330 g/mol. The highest BCUT2D eigenvalue weighted by Crippen LogP contribution is 2.26. The molecule has 1 aliphatic rings. The number of nitrogens with one attached hydrogen (secondary N) is 1. The van der Waals surface area contributed by atoms with Gasteiger partial charge in [-0.3, -0.25) is 9.59 Å². The Morgan fingerprint density at radius 3 is 2.92 bits per heavy atom. The molecule has 1 amide bonds. The Labute approximate surface area is 150 Å². The second kappa shape index (κ2) is 7.09. The van der Waals surface area contributed by atoms with Crippen LogP contribution in [-0.2, 0) is 22.5 Å². The molecule has 2 heterocycles. The first-order valence-electron chi connectivity index (χ1n) is 8.63. The van der Waals surface area contributed by atoms with Gasteiger partial charge in [0.25, 0.3) is 5.56 Å². The number of ether oxygens (including phenoxy) is 1. The molecule has 0 bridgehead atoms. The zero-order valence-electron chi connectivity index (χ0n) is 14.2. The average molecular weight is 349 g/mol. The Morgan fingerprint density at radius 2 is 2.00 bits per heavy atom. The average Bonchev–Trinajstić information content (AvgIpc) is 2.69. The summed E-state index contributed by atoms with van der Waals surface area (Å²) in [6, 6.07) is 15.3. The van der Waals surface area contributed by atoms with Gasteiger partial charge in [0.2, 0.25) is 5.91 Å².